The van der Waals surface area contributed by atoms with Crippen molar-refractivity contribution in [3.05, 3.63) is 33.6 Å². The van der Waals surface area contributed by atoms with E-state index in [1.54, 1.807) is 0 Å². The molecule has 1 atom stereocenters. The minimum atomic E-state index is -1.14. The van der Waals surface area contributed by atoms with Crippen LogP contribution in [0.25, 0.3) is 0 Å². The lowest BCUT2D eigenvalue weighted by Gasteiger charge is -2.23. The summed E-state index contributed by atoms with van der Waals surface area (Å²) in [4.78, 5) is 0. The van der Waals surface area contributed by atoms with Gasteiger partial charge in [-0.2, -0.15) is 0 Å². The van der Waals surface area contributed by atoms with Crippen LogP contribution in [0.3, 0.4) is 0 Å². The Hall–Kier alpha value is -0.550. The van der Waals surface area contributed by atoms with Crippen molar-refractivity contribution in [2.45, 2.75) is 18.8 Å². The maximum atomic E-state index is 13.6. The van der Waals surface area contributed by atoms with Gasteiger partial charge in [0.25, 0.3) is 0 Å². The van der Waals surface area contributed by atoms with Gasteiger partial charge in [-0.05, 0) is 52.9 Å². The molecule has 0 aromatic heterocycles. The molecule has 1 aromatic rings. The molecule has 0 spiro atoms. The van der Waals surface area contributed by atoms with Crippen molar-refractivity contribution >= 4 is 15.9 Å². The van der Waals surface area contributed by atoms with E-state index < -0.39 is 21.9 Å². The first kappa shape index (κ1) is 11.9. The molecule has 1 aromatic carbocycles. The molecule has 1 N–H and O–H groups in total. The molecule has 0 saturated carbocycles. The molecule has 1 aliphatic rings. The van der Waals surface area contributed by atoms with E-state index in [0.717, 1.165) is 25.5 Å². The second-order valence-electron chi connectivity index (χ2n) is 3.93. The van der Waals surface area contributed by atoms with Crippen LogP contribution in [-0.2, 0) is 0 Å². The van der Waals surface area contributed by atoms with Gasteiger partial charge in [0.1, 0.15) is 5.82 Å². The average molecular weight is 294 g/mol. The maximum Gasteiger partial charge on any atom is 0.176 e. The third-order valence-corrected chi connectivity index (χ3v) is 3.59. The summed E-state index contributed by atoms with van der Waals surface area (Å²) in [5, 5.41) is 3.09. The zero-order valence-corrected chi connectivity index (χ0v) is 10.1. The fraction of sp³-hybridized carbons (Fsp3) is 0.455. The van der Waals surface area contributed by atoms with E-state index in [4.69, 9.17) is 0 Å². The number of rotatable bonds is 1. The normalized spacial score (nSPS) is 21.1. The second kappa shape index (κ2) is 4.75. The predicted molar refractivity (Wildman–Crippen MR) is 58.9 cm³/mol. The Kier molecular flexibility index (Phi) is 3.54. The monoisotopic (exact) mass is 293 g/mol. The predicted octanol–water partition coefficient (Wildman–Crippen LogP) is 3.33. The van der Waals surface area contributed by atoms with Crippen molar-refractivity contribution in [3.8, 4) is 0 Å². The van der Waals surface area contributed by atoms with E-state index in [0.29, 0.717) is 6.54 Å². The molecule has 0 radical (unpaired) electrons. The quantitative estimate of drug-likeness (QED) is 0.619. The van der Waals surface area contributed by atoms with Crippen LogP contribution in [0.1, 0.15) is 24.3 Å². The topological polar surface area (TPSA) is 12.0 Å². The van der Waals surface area contributed by atoms with Crippen LogP contribution in [0, 0.1) is 17.5 Å². The number of hydrogen-bond acceptors (Lipinski definition) is 1. The first-order chi connectivity index (χ1) is 7.61. The Morgan fingerprint density at radius 3 is 2.62 bits per heavy atom. The van der Waals surface area contributed by atoms with Crippen molar-refractivity contribution in [1.82, 2.24) is 5.32 Å². The molecule has 1 fully saturated rings. The zero-order valence-electron chi connectivity index (χ0n) is 8.49. The van der Waals surface area contributed by atoms with Crippen molar-refractivity contribution in [2.75, 3.05) is 13.1 Å². The third-order valence-electron chi connectivity index (χ3n) is 2.87. The number of halogens is 4. The van der Waals surface area contributed by atoms with E-state index in [1.165, 1.54) is 0 Å². The van der Waals surface area contributed by atoms with E-state index in [9.17, 15) is 13.2 Å². The number of hydrogen-bond donors (Lipinski definition) is 1. The molecule has 1 nitrogen and oxygen atoms in total. The molecule has 2 rings (SSSR count). The van der Waals surface area contributed by atoms with E-state index in [1.807, 2.05) is 0 Å². The van der Waals surface area contributed by atoms with Gasteiger partial charge in [0.05, 0.1) is 4.47 Å². The lowest BCUT2D eigenvalue weighted by Crippen LogP contribution is -2.29. The molecule has 1 saturated heterocycles. The van der Waals surface area contributed by atoms with Crippen molar-refractivity contribution in [1.29, 1.82) is 0 Å². The highest BCUT2D eigenvalue weighted by Gasteiger charge is 2.24. The number of piperidine rings is 1. The lowest BCUT2D eigenvalue weighted by atomic mass is 9.91. The van der Waals surface area contributed by atoms with Crippen LogP contribution in [0.2, 0.25) is 0 Å². The van der Waals surface area contributed by atoms with Gasteiger partial charge < -0.3 is 5.32 Å². The van der Waals surface area contributed by atoms with Crippen LogP contribution in [0.4, 0.5) is 13.2 Å². The van der Waals surface area contributed by atoms with E-state index >= 15 is 0 Å². The Morgan fingerprint density at radius 1 is 1.25 bits per heavy atom. The van der Waals surface area contributed by atoms with E-state index in [-0.39, 0.29) is 11.5 Å². The number of nitrogens with one attached hydrogen (secondary N) is 1. The minimum absolute atomic E-state index is 0.130. The second-order valence-corrected chi connectivity index (χ2v) is 4.73. The summed E-state index contributed by atoms with van der Waals surface area (Å²) in [6.07, 6.45) is 1.65. The summed E-state index contributed by atoms with van der Waals surface area (Å²) in [7, 11) is 0. The van der Waals surface area contributed by atoms with Gasteiger partial charge in [-0.1, -0.05) is 0 Å². The number of benzene rings is 1. The average Bonchev–Trinajstić information content (AvgIpc) is 2.32. The molecule has 1 unspecified atom stereocenters. The molecule has 5 heteroatoms. The van der Waals surface area contributed by atoms with Crippen LogP contribution >= 0.6 is 15.9 Å². The fourth-order valence-corrected chi connectivity index (χ4v) is 2.29. The Labute approximate surface area is 100 Å². The summed E-state index contributed by atoms with van der Waals surface area (Å²) < 4.78 is 39.8. The minimum Gasteiger partial charge on any atom is -0.316 e. The standard InChI is InChI=1S/C11H11BrF3N/c12-9-8(13)4-7(10(14)11(9)15)6-2-1-3-16-5-6/h4,6,16H,1-3,5H2. The van der Waals surface area contributed by atoms with Crippen LogP contribution in [-0.4, -0.2) is 13.1 Å². The zero-order chi connectivity index (χ0) is 11.7. The highest BCUT2D eigenvalue weighted by atomic mass is 79.9. The van der Waals surface area contributed by atoms with Gasteiger partial charge in [-0.25, -0.2) is 13.2 Å². The molecule has 0 amide bonds. The molecule has 16 heavy (non-hydrogen) atoms. The SMILES string of the molecule is Fc1cc(C2CCCNC2)c(F)c(F)c1Br. The highest BCUT2D eigenvalue weighted by Crippen LogP contribution is 2.31. The third kappa shape index (κ3) is 2.11. The van der Waals surface area contributed by atoms with Crippen LogP contribution < -0.4 is 5.32 Å². The Bertz CT molecular complexity index is 403. The molecule has 0 aliphatic carbocycles. The van der Waals surface area contributed by atoms with Crippen molar-refractivity contribution in [2.24, 2.45) is 0 Å². The summed E-state index contributed by atoms with van der Waals surface area (Å²) in [5.74, 6) is -2.98. The molecule has 1 heterocycles. The van der Waals surface area contributed by atoms with Gasteiger partial charge >= 0.3 is 0 Å². The molecule has 1 aliphatic heterocycles. The highest BCUT2D eigenvalue weighted by molar-refractivity contribution is 9.10. The molecular formula is C11H11BrF3N. The Balaban J connectivity index is 2.40. The summed E-state index contributed by atoms with van der Waals surface area (Å²) in [6, 6.07) is 1.08. The van der Waals surface area contributed by atoms with Crippen LogP contribution in [0.5, 0.6) is 0 Å². The molecule has 88 valence electrons. The van der Waals surface area contributed by atoms with Crippen LogP contribution in [0.15, 0.2) is 10.5 Å². The Morgan fingerprint density at radius 2 is 2.00 bits per heavy atom. The van der Waals surface area contributed by atoms with Gasteiger partial charge in [0, 0.05) is 6.54 Å². The summed E-state index contributed by atoms with van der Waals surface area (Å²) >= 11 is 2.68. The maximum absolute atomic E-state index is 13.6. The lowest BCUT2D eigenvalue weighted by molar-refractivity contribution is 0.423. The van der Waals surface area contributed by atoms with Gasteiger partial charge in [-0.15, -0.1) is 0 Å². The molecule has 0 bridgehead atoms. The largest absolute Gasteiger partial charge is 0.316 e. The van der Waals surface area contributed by atoms with Crippen molar-refractivity contribution < 1.29 is 13.2 Å². The van der Waals surface area contributed by atoms with Gasteiger partial charge in [0.15, 0.2) is 11.6 Å². The first-order valence-corrected chi connectivity index (χ1v) is 5.94. The first-order valence-electron chi connectivity index (χ1n) is 5.15. The fourth-order valence-electron chi connectivity index (χ4n) is 2.01. The van der Waals surface area contributed by atoms with Gasteiger partial charge in [-0.3, -0.25) is 0 Å². The summed E-state index contributed by atoms with van der Waals surface area (Å²) in [6.45, 7) is 1.44. The molecular weight excluding hydrogens is 283 g/mol. The van der Waals surface area contributed by atoms with Crippen molar-refractivity contribution in [3.63, 3.8) is 0 Å². The van der Waals surface area contributed by atoms with E-state index in [2.05, 4.69) is 21.2 Å². The smallest absolute Gasteiger partial charge is 0.176 e. The summed E-state index contributed by atoms with van der Waals surface area (Å²) in [5.41, 5.74) is 0.130. The van der Waals surface area contributed by atoms with Gasteiger partial charge in [0.2, 0.25) is 0 Å².